The molecule has 0 saturated heterocycles. The van der Waals surface area contributed by atoms with Gasteiger partial charge in [-0.25, -0.2) is 4.79 Å². The Morgan fingerprint density at radius 1 is 1.12 bits per heavy atom. The Kier molecular flexibility index (Phi) is 4.48. The van der Waals surface area contributed by atoms with Gasteiger partial charge < -0.3 is 5.32 Å². The summed E-state index contributed by atoms with van der Waals surface area (Å²) in [5.74, 6) is 0. The summed E-state index contributed by atoms with van der Waals surface area (Å²) in [7, 11) is 0. The fourth-order valence-electron chi connectivity index (χ4n) is 2.44. The number of nitro benzene ring substituents is 1. The predicted molar refractivity (Wildman–Crippen MR) is 91.5 cm³/mol. The van der Waals surface area contributed by atoms with Gasteiger partial charge in [0.05, 0.1) is 11.5 Å². The van der Waals surface area contributed by atoms with Gasteiger partial charge in [-0.1, -0.05) is 35.9 Å². The van der Waals surface area contributed by atoms with Crippen molar-refractivity contribution < 1.29 is 9.72 Å². The van der Waals surface area contributed by atoms with Gasteiger partial charge in [-0.15, -0.1) is 0 Å². The van der Waals surface area contributed by atoms with Gasteiger partial charge in [0.1, 0.15) is 0 Å². The lowest BCUT2D eigenvalue weighted by Crippen LogP contribution is -2.41. The highest BCUT2D eigenvalue weighted by molar-refractivity contribution is 6.30. The second-order valence-corrected chi connectivity index (χ2v) is 5.81. The molecule has 122 valence electrons. The summed E-state index contributed by atoms with van der Waals surface area (Å²) in [6, 6.07) is 13.4. The maximum absolute atomic E-state index is 12.0. The largest absolute Gasteiger partial charge is 0.334 e. The lowest BCUT2D eigenvalue weighted by Gasteiger charge is -2.26. The fraction of sp³-hybridized carbons (Fsp3) is 0.118. The van der Waals surface area contributed by atoms with Crippen LogP contribution in [0.2, 0.25) is 5.02 Å². The van der Waals surface area contributed by atoms with E-state index in [-0.39, 0.29) is 11.7 Å². The predicted octanol–water partition coefficient (Wildman–Crippen LogP) is 3.81. The van der Waals surface area contributed by atoms with E-state index in [0.717, 1.165) is 16.7 Å². The number of rotatable bonds is 4. The number of urea groups is 1. The zero-order chi connectivity index (χ0) is 17.1. The first kappa shape index (κ1) is 16.0. The summed E-state index contributed by atoms with van der Waals surface area (Å²) in [6.07, 6.45) is 1.80. The smallest absolute Gasteiger partial charge is 0.321 e. The van der Waals surface area contributed by atoms with Crippen molar-refractivity contribution in [2.45, 2.75) is 6.54 Å². The van der Waals surface area contributed by atoms with Crippen molar-refractivity contribution in [1.82, 2.24) is 10.2 Å². The van der Waals surface area contributed by atoms with E-state index >= 15 is 0 Å². The first-order chi connectivity index (χ1) is 11.5. The molecule has 2 amide bonds. The number of nitrogens with one attached hydrogen (secondary N) is 1. The third kappa shape index (κ3) is 3.55. The molecule has 0 aromatic heterocycles. The van der Waals surface area contributed by atoms with Gasteiger partial charge in [0, 0.05) is 29.9 Å². The number of halogens is 1. The number of hydrogen-bond acceptors (Lipinski definition) is 3. The average molecular weight is 344 g/mol. The van der Waals surface area contributed by atoms with Crippen LogP contribution in [0.25, 0.3) is 5.57 Å². The minimum Gasteiger partial charge on any atom is -0.334 e. The van der Waals surface area contributed by atoms with Gasteiger partial charge in [0.25, 0.3) is 5.69 Å². The third-order valence-corrected chi connectivity index (χ3v) is 3.97. The Hall–Kier alpha value is -2.86. The van der Waals surface area contributed by atoms with E-state index in [0.29, 0.717) is 18.1 Å². The van der Waals surface area contributed by atoms with Crippen LogP contribution in [0.3, 0.4) is 0 Å². The summed E-state index contributed by atoms with van der Waals surface area (Å²) < 4.78 is 0. The molecule has 0 aliphatic carbocycles. The van der Waals surface area contributed by atoms with Crippen LogP contribution in [0.5, 0.6) is 0 Å². The van der Waals surface area contributed by atoms with Crippen LogP contribution >= 0.6 is 11.6 Å². The van der Waals surface area contributed by atoms with Crippen molar-refractivity contribution in [1.29, 1.82) is 0 Å². The molecule has 1 heterocycles. The minimum absolute atomic E-state index is 0.0271. The Morgan fingerprint density at radius 3 is 2.42 bits per heavy atom. The number of hydrogen-bond donors (Lipinski definition) is 1. The highest BCUT2D eigenvalue weighted by Crippen LogP contribution is 2.21. The van der Waals surface area contributed by atoms with Crippen molar-refractivity contribution in [2.24, 2.45) is 0 Å². The zero-order valence-corrected chi connectivity index (χ0v) is 13.4. The van der Waals surface area contributed by atoms with E-state index in [1.54, 1.807) is 35.4 Å². The molecule has 0 unspecified atom stereocenters. The molecule has 2 aromatic rings. The van der Waals surface area contributed by atoms with Crippen LogP contribution in [0.4, 0.5) is 10.5 Å². The van der Waals surface area contributed by atoms with Gasteiger partial charge >= 0.3 is 6.03 Å². The van der Waals surface area contributed by atoms with Crippen molar-refractivity contribution in [3.05, 3.63) is 81.0 Å². The number of benzene rings is 2. The lowest BCUT2D eigenvalue weighted by molar-refractivity contribution is -0.384. The maximum Gasteiger partial charge on any atom is 0.321 e. The molecule has 0 atom stereocenters. The number of carbonyl (C=O) groups is 1. The summed E-state index contributed by atoms with van der Waals surface area (Å²) >= 11 is 5.90. The van der Waals surface area contributed by atoms with E-state index in [9.17, 15) is 14.9 Å². The Labute approximate surface area is 143 Å². The number of nitrogens with zero attached hydrogens (tertiary/aromatic N) is 2. The van der Waals surface area contributed by atoms with E-state index in [1.165, 1.54) is 12.1 Å². The van der Waals surface area contributed by atoms with Gasteiger partial charge in [-0.2, -0.15) is 0 Å². The molecule has 6 nitrogen and oxygen atoms in total. The molecule has 0 spiro atoms. The Balaban J connectivity index is 1.80. The summed E-state index contributed by atoms with van der Waals surface area (Å²) in [5.41, 5.74) is 2.78. The van der Waals surface area contributed by atoms with Gasteiger partial charge in [0.2, 0.25) is 0 Å². The summed E-state index contributed by atoms with van der Waals surface area (Å²) in [5, 5.41) is 14.2. The molecular formula is C17H14ClN3O3. The number of nitro groups is 1. The SMILES string of the molecule is O=C1NCC(c2ccc(Cl)cc2)=CN1Cc1ccc([N+](=O)[O-])cc1. The minimum atomic E-state index is -0.448. The van der Waals surface area contributed by atoms with Crippen LogP contribution in [0.1, 0.15) is 11.1 Å². The standard InChI is InChI=1S/C17H14ClN3O3/c18-15-5-3-13(4-6-15)14-9-19-17(22)20(11-14)10-12-1-7-16(8-2-12)21(23)24/h1-8,11H,9-10H2,(H,19,22). The van der Waals surface area contributed by atoms with E-state index in [1.807, 2.05) is 12.1 Å². The second kappa shape index (κ2) is 6.72. The molecule has 0 bridgehead atoms. The molecule has 24 heavy (non-hydrogen) atoms. The topological polar surface area (TPSA) is 75.5 Å². The molecule has 1 aliphatic heterocycles. The van der Waals surface area contributed by atoms with Crippen LogP contribution < -0.4 is 5.32 Å². The molecule has 0 fully saturated rings. The molecule has 0 radical (unpaired) electrons. The van der Waals surface area contributed by atoms with Crippen LogP contribution in [0.15, 0.2) is 54.7 Å². The zero-order valence-electron chi connectivity index (χ0n) is 12.6. The fourth-order valence-corrected chi connectivity index (χ4v) is 2.57. The highest BCUT2D eigenvalue weighted by atomic mass is 35.5. The number of carbonyl (C=O) groups excluding carboxylic acids is 1. The van der Waals surface area contributed by atoms with Crippen molar-refractivity contribution >= 4 is 28.9 Å². The Morgan fingerprint density at radius 2 is 1.79 bits per heavy atom. The lowest BCUT2D eigenvalue weighted by atomic mass is 10.1. The van der Waals surface area contributed by atoms with Crippen molar-refractivity contribution in [3.63, 3.8) is 0 Å². The molecule has 1 aliphatic rings. The van der Waals surface area contributed by atoms with E-state index in [4.69, 9.17) is 11.6 Å². The second-order valence-electron chi connectivity index (χ2n) is 5.37. The van der Waals surface area contributed by atoms with Gasteiger partial charge in [0.15, 0.2) is 0 Å². The van der Waals surface area contributed by atoms with E-state index < -0.39 is 4.92 Å². The molecule has 7 heteroatoms. The number of amides is 2. The van der Waals surface area contributed by atoms with E-state index in [2.05, 4.69) is 5.32 Å². The average Bonchev–Trinajstić information content (AvgIpc) is 2.58. The summed E-state index contributed by atoms with van der Waals surface area (Å²) in [6.45, 7) is 0.776. The van der Waals surface area contributed by atoms with Crippen LogP contribution in [0, 0.1) is 10.1 Å². The van der Waals surface area contributed by atoms with Crippen molar-refractivity contribution in [2.75, 3.05) is 6.54 Å². The summed E-state index contributed by atoms with van der Waals surface area (Å²) in [4.78, 5) is 23.8. The quantitative estimate of drug-likeness (QED) is 0.677. The van der Waals surface area contributed by atoms with Gasteiger partial charge in [-0.3, -0.25) is 15.0 Å². The van der Waals surface area contributed by atoms with Crippen molar-refractivity contribution in [3.8, 4) is 0 Å². The third-order valence-electron chi connectivity index (χ3n) is 3.72. The first-order valence-electron chi connectivity index (χ1n) is 7.27. The molecule has 1 N–H and O–H groups in total. The molecule has 0 saturated carbocycles. The van der Waals surface area contributed by atoms with Gasteiger partial charge in [-0.05, 0) is 28.8 Å². The highest BCUT2D eigenvalue weighted by Gasteiger charge is 2.19. The molecular weight excluding hydrogens is 330 g/mol. The van der Waals surface area contributed by atoms with Crippen LogP contribution in [-0.2, 0) is 6.54 Å². The van der Waals surface area contributed by atoms with Crippen LogP contribution in [-0.4, -0.2) is 22.4 Å². The normalized spacial score (nSPS) is 14.1. The monoisotopic (exact) mass is 343 g/mol. The first-order valence-corrected chi connectivity index (χ1v) is 7.65. The molecule has 3 rings (SSSR count). The molecule has 2 aromatic carbocycles. The Bertz CT molecular complexity index is 801. The number of non-ortho nitro benzene ring substituents is 1. The maximum atomic E-state index is 12.0.